The summed E-state index contributed by atoms with van der Waals surface area (Å²) in [5.74, 6) is 1.10. The van der Waals surface area contributed by atoms with E-state index in [1.54, 1.807) is 0 Å². The van der Waals surface area contributed by atoms with Gasteiger partial charge in [-0.05, 0) is 62.2 Å². The molecule has 3 heterocycles. The van der Waals surface area contributed by atoms with Gasteiger partial charge in [0.05, 0.1) is 6.67 Å². The SMILES string of the molecule is CC1CC(C)(C)CC2(C1)NC(=O)N(CN1CCC(CC(=O)N3CCCC3)CC1)C2=O. The van der Waals surface area contributed by atoms with Gasteiger partial charge in [0, 0.05) is 32.6 Å². The number of carbonyl (C=O) groups is 3. The van der Waals surface area contributed by atoms with Crippen molar-refractivity contribution in [3.8, 4) is 0 Å². The molecule has 1 saturated carbocycles. The van der Waals surface area contributed by atoms with Gasteiger partial charge in [0.1, 0.15) is 5.54 Å². The number of piperidine rings is 1. The monoisotopic (exact) mass is 418 g/mol. The lowest BCUT2D eigenvalue weighted by Gasteiger charge is -2.44. The molecule has 1 aliphatic carbocycles. The van der Waals surface area contributed by atoms with Crippen LogP contribution in [-0.4, -0.2) is 70.9 Å². The number of nitrogens with zero attached hydrogens (tertiary/aromatic N) is 3. The number of amides is 4. The Hall–Kier alpha value is -1.63. The third kappa shape index (κ3) is 4.36. The molecule has 1 spiro atoms. The molecule has 3 aliphatic heterocycles. The van der Waals surface area contributed by atoms with Gasteiger partial charge in [-0.2, -0.15) is 0 Å². The molecule has 2 unspecified atom stereocenters. The molecular weight excluding hydrogens is 380 g/mol. The number of imide groups is 1. The van der Waals surface area contributed by atoms with Crippen LogP contribution in [0.2, 0.25) is 0 Å². The van der Waals surface area contributed by atoms with Crippen LogP contribution in [0.1, 0.15) is 72.1 Å². The number of urea groups is 1. The maximum absolute atomic E-state index is 13.3. The Kier molecular flexibility index (Phi) is 5.86. The van der Waals surface area contributed by atoms with Crippen molar-refractivity contribution in [2.24, 2.45) is 17.3 Å². The average molecular weight is 419 g/mol. The van der Waals surface area contributed by atoms with Crippen molar-refractivity contribution in [3.63, 3.8) is 0 Å². The van der Waals surface area contributed by atoms with E-state index in [0.29, 0.717) is 37.3 Å². The largest absolute Gasteiger partial charge is 0.343 e. The zero-order valence-corrected chi connectivity index (χ0v) is 18.9. The number of likely N-dealkylation sites (tertiary alicyclic amines) is 2. The van der Waals surface area contributed by atoms with Gasteiger partial charge < -0.3 is 10.2 Å². The van der Waals surface area contributed by atoms with Crippen LogP contribution in [-0.2, 0) is 9.59 Å². The second-order valence-corrected chi connectivity index (χ2v) is 11.1. The first-order chi connectivity index (χ1) is 14.2. The number of nitrogens with one attached hydrogen (secondary N) is 1. The summed E-state index contributed by atoms with van der Waals surface area (Å²) >= 11 is 0. The van der Waals surface area contributed by atoms with Gasteiger partial charge in [0.25, 0.3) is 5.91 Å². The molecule has 4 rings (SSSR count). The van der Waals surface area contributed by atoms with Gasteiger partial charge in [0.15, 0.2) is 0 Å². The minimum absolute atomic E-state index is 0.0431. The first kappa shape index (κ1) is 21.6. The van der Waals surface area contributed by atoms with E-state index in [1.807, 2.05) is 4.90 Å². The molecule has 0 aromatic rings. The zero-order chi connectivity index (χ0) is 21.5. The molecule has 7 nitrogen and oxygen atoms in total. The maximum atomic E-state index is 13.3. The summed E-state index contributed by atoms with van der Waals surface area (Å²) in [7, 11) is 0. The van der Waals surface area contributed by atoms with Crippen LogP contribution < -0.4 is 5.32 Å². The normalized spacial score (nSPS) is 32.8. The molecule has 4 aliphatic rings. The highest BCUT2D eigenvalue weighted by Gasteiger charge is 2.56. The molecule has 4 fully saturated rings. The molecule has 0 radical (unpaired) electrons. The van der Waals surface area contributed by atoms with Crippen molar-refractivity contribution in [2.45, 2.75) is 77.7 Å². The fourth-order valence-corrected chi connectivity index (χ4v) is 6.51. The van der Waals surface area contributed by atoms with Crippen molar-refractivity contribution in [3.05, 3.63) is 0 Å². The standard InChI is InChI=1S/C23H38N4O3/c1-17-13-22(2,3)15-23(14-17)20(29)27(21(30)24-23)16-25-10-6-18(7-11-25)12-19(28)26-8-4-5-9-26/h17-18H,4-16H2,1-3H3,(H,24,30). The molecule has 2 atom stereocenters. The van der Waals surface area contributed by atoms with Crippen molar-refractivity contribution in [1.82, 2.24) is 20.0 Å². The molecular formula is C23H38N4O3. The Morgan fingerprint density at radius 2 is 1.73 bits per heavy atom. The summed E-state index contributed by atoms with van der Waals surface area (Å²) in [6, 6.07) is -0.240. The fourth-order valence-electron chi connectivity index (χ4n) is 6.51. The number of rotatable bonds is 4. The molecule has 30 heavy (non-hydrogen) atoms. The van der Waals surface area contributed by atoms with Gasteiger partial charge in [-0.3, -0.25) is 14.5 Å². The predicted octanol–water partition coefficient (Wildman–Crippen LogP) is 2.81. The van der Waals surface area contributed by atoms with Crippen LogP contribution in [0.3, 0.4) is 0 Å². The first-order valence-corrected chi connectivity index (χ1v) is 11.8. The first-order valence-electron chi connectivity index (χ1n) is 11.8. The lowest BCUT2D eigenvalue weighted by Crippen LogP contribution is -2.54. The van der Waals surface area contributed by atoms with Crippen LogP contribution in [0, 0.1) is 17.3 Å². The van der Waals surface area contributed by atoms with Crippen molar-refractivity contribution < 1.29 is 14.4 Å². The summed E-state index contributed by atoms with van der Waals surface area (Å²) in [4.78, 5) is 44.1. The van der Waals surface area contributed by atoms with E-state index in [4.69, 9.17) is 0 Å². The smallest absolute Gasteiger partial charge is 0.326 e. The highest BCUT2D eigenvalue weighted by atomic mass is 16.2. The number of carbonyl (C=O) groups excluding carboxylic acids is 3. The third-order valence-corrected chi connectivity index (χ3v) is 7.59. The van der Waals surface area contributed by atoms with Gasteiger partial charge >= 0.3 is 6.03 Å². The topological polar surface area (TPSA) is 73.0 Å². The van der Waals surface area contributed by atoms with E-state index in [1.165, 1.54) is 4.90 Å². The predicted molar refractivity (Wildman–Crippen MR) is 114 cm³/mol. The maximum Gasteiger partial charge on any atom is 0.326 e. The van der Waals surface area contributed by atoms with Crippen LogP contribution in [0.15, 0.2) is 0 Å². The lowest BCUT2D eigenvalue weighted by atomic mass is 9.64. The quantitative estimate of drug-likeness (QED) is 0.713. The summed E-state index contributed by atoms with van der Waals surface area (Å²) in [6.07, 6.45) is 7.36. The summed E-state index contributed by atoms with van der Waals surface area (Å²) in [5, 5.41) is 3.07. The van der Waals surface area contributed by atoms with Gasteiger partial charge in [-0.15, -0.1) is 0 Å². The molecule has 0 aromatic heterocycles. The van der Waals surface area contributed by atoms with Crippen molar-refractivity contribution in [2.75, 3.05) is 32.8 Å². The summed E-state index contributed by atoms with van der Waals surface area (Å²) < 4.78 is 0. The van der Waals surface area contributed by atoms with Gasteiger partial charge in [0.2, 0.25) is 5.91 Å². The lowest BCUT2D eigenvalue weighted by molar-refractivity contribution is -0.136. The molecule has 3 saturated heterocycles. The van der Waals surface area contributed by atoms with E-state index in [9.17, 15) is 14.4 Å². The highest BCUT2D eigenvalue weighted by Crippen LogP contribution is 2.46. The summed E-state index contributed by atoms with van der Waals surface area (Å²) in [6.45, 7) is 10.4. The molecule has 0 aromatic carbocycles. The van der Waals surface area contributed by atoms with Crippen molar-refractivity contribution in [1.29, 1.82) is 0 Å². The van der Waals surface area contributed by atoms with E-state index < -0.39 is 5.54 Å². The zero-order valence-electron chi connectivity index (χ0n) is 18.9. The average Bonchev–Trinajstić information content (AvgIpc) is 3.25. The molecule has 4 amide bonds. The van der Waals surface area contributed by atoms with Crippen LogP contribution >= 0.6 is 0 Å². The molecule has 0 bridgehead atoms. The Morgan fingerprint density at radius 1 is 1.07 bits per heavy atom. The third-order valence-electron chi connectivity index (χ3n) is 7.59. The second kappa shape index (κ2) is 8.13. The fraction of sp³-hybridized carbons (Fsp3) is 0.870. The van der Waals surface area contributed by atoms with E-state index >= 15 is 0 Å². The van der Waals surface area contributed by atoms with E-state index in [2.05, 4.69) is 31.0 Å². The van der Waals surface area contributed by atoms with Crippen LogP contribution in [0.4, 0.5) is 4.79 Å². The molecule has 1 N–H and O–H groups in total. The Bertz CT molecular complexity index is 695. The van der Waals surface area contributed by atoms with Gasteiger partial charge in [-0.25, -0.2) is 9.69 Å². The van der Waals surface area contributed by atoms with Crippen molar-refractivity contribution >= 4 is 17.8 Å². The molecule has 7 heteroatoms. The number of hydrogen-bond donors (Lipinski definition) is 1. The minimum Gasteiger partial charge on any atom is -0.343 e. The van der Waals surface area contributed by atoms with E-state index in [-0.39, 0.29) is 17.4 Å². The Labute approximate surface area is 180 Å². The molecule has 168 valence electrons. The highest BCUT2D eigenvalue weighted by molar-refractivity contribution is 6.07. The Morgan fingerprint density at radius 3 is 2.37 bits per heavy atom. The Balaban J connectivity index is 1.30. The number of hydrogen-bond acceptors (Lipinski definition) is 4. The summed E-state index contributed by atoms with van der Waals surface area (Å²) in [5.41, 5.74) is -0.671. The van der Waals surface area contributed by atoms with Gasteiger partial charge in [-0.1, -0.05) is 20.8 Å². The van der Waals surface area contributed by atoms with E-state index in [0.717, 1.165) is 64.7 Å². The second-order valence-electron chi connectivity index (χ2n) is 11.1. The minimum atomic E-state index is -0.723. The van der Waals surface area contributed by atoms with Crippen LogP contribution in [0.25, 0.3) is 0 Å². The van der Waals surface area contributed by atoms with Crippen LogP contribution in [0.5, 0.6) is 0 Å².